The maximum atomic E-state index is 13.1. The summed E-state index contributed by atoms with van der Waals surface area (Å²) in [5, 5.41) is -0.140. The molecule has 0 bridgehead atoms. The fraction of sp³-hybridized carbons (Fsp3) is 0.263. The third-order valence-electron chi connectivity index (χ3n) is 3.99. The van der Waals surface area contributed by atoms with E-state index in [1.165, 1.54) is 5.56 Å². The van der Waals surface area contributed by atoms with E-state index in [-0.39, 0.29) is 11.4 Å². The summed E-state index contributed by atoms with van der Waals surface area (Å²) in [6.07, 6.45) is 1.99. The van der Waals surface area contributed by atoms with Crippen LogP contribution in [-0.4, -0.2) is 22.2 Å². The Kier molecular flexibility index (Phi) is 4.55. The van der Waals surface area contributed by atoms with Gasteiger partial charge in [-0.15, -0.1) is 0 Å². The first-order valence-electron chi connectivity index (χ1n) is 7.51. The zero-order valence-corrected chi connectivity index (χ0v) is 13.7. The monoisotopic (exact) mass is 312 g/mol. The van der Waals surface area contributed by atoms with Gasteiger partial charge >= 0.3 is 0 Å². The summed E-state index contributed by atoms with van der Waals surface area (Å²) < 4.78 is 18.8. The number of ether oxygens (including phenoxy) is 1. The van der Waals surface area contributed by atoms with Crippen LogP contribution in [0, 0.1) is 6.92 Å². The zero-order chi connectivity index (χ0) is 15.5. The quantitative estimate of drug-likeness (QED) is 0.857. The number of hydrogen-bond donors (Lipinski definition) is 0. The summed E-state index contributed by atoms with van der Waals surface area (Å²) in [7, 11) is -1.13. The van der Waals surface area contributed by atoms with E-state index in [1.807, 2.05) is 56.3 Å². The molecule has 0 saturated carbocycles. The van der Waals surface area contributed by atoms with Crippen LogP contribution in [0.5, 0.6) is 0 Å². The molecule has 0 aromatic heterocycles. The van der Waals surface area contributed by atoms with Crippen molar-refractivity contribution in [3.8, 4) is 0 Å². The summed E-state index contributed by atoms with van der Waals surface area (Å²) in [4.78, 5) is 0.856. The van der Waals surface area contributed by atoms with E-state index in [1.54, 1.807) is 0 Å². The zero-order valence-electron chi connectivity index (χ0n) is 12.9. The molecule has 3 atom stereocenters. The molecule has 0 spiro atoms. The SMILES string of the molecule is Cc1ccc([S@](=O)[C@@H]2C(c3ccccc3)=CCO[C@H]2C)cc1. The first kappa shape index (κ1) is 15.2. The molecule has 1 heterocycles. The number of hydrogen-bond acceptors (Lipinski definition) is 2. The Hall–Kier alpha value is -1.71. The lowest BCUT2D eigenvalue weighted by Gasteiger charge is -2.30. The van der Waals surface area contributed by atoms with Crippen LogP contribution in [0.4, 0.5) is 0 Å². The molecular weight excluding hydrogens is 292 g/mol. The van der Waals surface area contributed by atoms with Gasteiger partial charge in [-0.05, 0) is 37.1 Å². The molecule has 22 heavy (non-hydrogen) atoms. The lowest BCUT2D eigenvalue weighted by Crippen LogP contribution is -2.35. The molecule has 0 N–H and O–H groups in total. The van der Waals surface area contributed by atoms with Gasteiger partial charge in [0.2, 0.25) is 0 Å². The predicted molar refractivity (Wildman–Crippen MR) is 91.2 cm³/mol. The van der Waals surface area contributed by atoms with Gasteiger partial charge in [0.1, 0.15) is 0 Å². The van der Waals surface area contributed by atoms with Gasteiger partial charge in [0.25, 0.3) is 0 Å². The molecule has 3 heteroatoms. The van der Waals surface area contributed by atoms with Crippen LogP contribution in [0.25, 0.3) is 5.57 Å². The molecule has 2 aromatic rings. The van der Waals surface area contributed by atoms with Gasteiger partial charge < -0.3 is 4.74 Å². The molecule has 0 saturated heterocycles. The average molecular weight is 312 g/mol. The molecule has 1 aliphatic rings. The van der Waals surface area contributed by atoms with Crippen molar-refractivity contribution in [1.82, 2.24) is 0 Å². The van der Waals surface area contributed by atoms with E-state index in [2.05, 4.69) is 18.2 Å². The van der Waals surface area contributed by atoms with Gasteiger partial charge in [-0.3, -0.25) is 4.21 Å². The Morgan fingerprint density at radius 1 is 1.05 bits per heavy atom. The van der Waals surface area contributed by atoms with Crippen LogP contribution >= 0.6 is 0 Å². The molecule has 0 radical (unpaired) electrons. The van der Waals surface area contributed by atoms with Crippen molar-refractivity contribution in [1.29, 1.82) is 0 Å². The van der Waals surface area contributed by atoms with Gasteiger partial charge in [0, 0.05) is 4.90 Å². The molecule has 0 amide bonds. The van der Waals surface area contributed by atoms with Crippen LogP contribution in [0.15, 0.2) is 65.6 Å². The third kappa shape index (κ3) is 3.06. The van der Waals surface area contributed by atoms with Crippen molar-refractivity contribution in [3.05, 3.63) is 71.8 Å². The van der Waals surface area contributed by atoms with Gasteiger partial charge in [-0.2, -0.15) is 0 Å². The van der Waals surface area contributed by atoms with E-state index in [0.717, 1.165) is 16.0 Å². The van der Waals surface area contributed by atoms with Crippen LogP contribution < -0.4 is 0 Å². The topological polar surface area (TPSA) is 26.3 Å². The largest absolute Gasteiger partial charge is 0.373 e. The smallest absolute Gasteiger partial charge is 0.0906 e. The highest BCUT2D eigenvalue weighted by molar-refractivity contribution is 7.86. The molecule has 3 rings (SSSR count). The Morgan fingerprint density at radius 2 is 1.73 bits per heavy atom. The fourth-order valence-corrected chi connectivity index (χ4v) is 4.35. The summed E-state index contributed by atoms with van der Waals surface area (Å²) in [6, 6.07) is 18.1. The second-order valence-corrected chi connectivity index (χ2v) is 7.17. The first-order chi connectivity index (χ1) is 10.7. The lowest BCUT2D eigenvalue weighted by molar-refractivity contribution is 0.0879. The first-order valence-corrected chi connectivity index (χ1v) is 8.72. The van der Waals surface area contributed by atoms with E-state index in [9.17, 15) is 4.21 Å². The van der Waals surface area contributed by atoms with Crippen molar-refractivity contribution in [2.75, 3.05) is 6.61 Å². The summed E-state index contributed by atoms with van der Waals surface area (Å²) >= 11 is 0. The van der Waals surface area contributed by atoms with E-state index in [4.69, 9.17) is 4.74 Å². The highest BCUT2D eigenvalue weighted by Gasteiger charge is 2.32. The molecule has 1 aliphatic heterocycles. The normalized spacial score (nSPS) is 22.9. The van der Waals surface area contributed by atoms with Gasteiger partial charge in [0.15, 0.2) is 0 Å². The average Bonchev–Trinajstić information content (AvgIpc) is 2.55. The molecule has 114 valence electrons. The Bertz CT molecular complexity index is 689. The Labute approximate surface area is 134 Å². The second kappa shape index (κ2) is 6.59. The molecule has 0 aliphatic carbocycles. The van der Waals surface area contributed by atoms with Gasteiger partial charge in [0.05, 0.1) is 28.8 Å². The summed E-state index contributed by atoms with van der Waals surface area (Å²) in [6.45, 7) is 4.62. The summed E-state index contributed by atoms with van der Waals surface area (Å²) in [5.41, 5.74) is 3.42. The van der Waals surface area contributed by atoms with Crippen molar-refractivity contribution < 1.29 is 8.95 Å². The lowest BCUT2D eigenvalue weighted by atomic mass is 9.98. The second-order valence-electron chi connectivity index (χ2n) is 5.60. The van der Waals surface area contributed by atoms with E-state index in [0.29, 0.717) is 6.61 Å². The maximum absolute atomic E-state index is 13.1. The standard InChI is InChI=1S/C19H20O2S/c1-14-8-10-17(11-9-14)22(20)19-15(2)21-13-12-18(19)16-6-4-3-5-7-16/h3-12,15,19H,13H2,1-2H3/t15-,19-,22-/m0/s1. The van der Waals surface area contributed by atoms with Crippen LogP contribution in [0.2, 0.25) is 0 Å². The van der Waals surface area contributed by atoms with Crippen molar-refractivity contribution >= 4 is 16.4 Å². The van der Waals surface area contributed by atoms with Crippen LogP contribution in [0.1, 0.15) is 18.1 Å². The number of aryl methyl sites for hydroxylation is 1. The minimum absolute atomic E-state index is 0.0673. The molecule has 0 unspecified atom stereocenters. The number of rotatable bonds is 3. The van der Waals surface area contributed by atoms with E-state index >= 15 is 0 Å². The van der Waals surface area contributed by atoms with E-state index < -0.39 is 10.8 Å². The number of benzene rings is 2. The third-order valence-corrected chi connectivity index (χ3v) is 5.82. The van der Waals surface area contributed by atoms with Crippen molar-refractivity contribution in [3.63, 3.8) is 0 Å². The van der Waals surface area contributed by atoms with Gasteiger partial charge in [-0.1, -0.05) is 54.1 Å². The highest BCUT2D eigenvalue weighted by Crippen LogP contribution is 2.31. The van der Waals surface area contributed by atoms with Crippen LogP contribution in [-0.2, 0) is 15.5 Å². The van der Waals surface area contributed by atoms with Crippen LogP contribution in [0.3, 0.4) is 0 Å². The van der Waals surface area contributed by atoms with Crippen molar-refractivity contribution in [2.24, 2.45) is 0 Å². The summed E-state index contributed by atoms with van der Waals surface area (Å²) in [5.74, 6) is 0. The van der Waals surface area contributed by atoms with Crippen molar-refractivity contribution in [2.45, 2.75) is 30.1 Å². The molecule has 2 aromatic carbocycles. The Balaban J connectivity index is 1.98. The molecular formula is C19H20O2S. The molecule has 2 nitrogen and oxygen atoms in total. The highest BCUT2D eigenvalue weighted by atomic mass is 32.2. The fourth-order valence-electron chi connectivity index (χ4n) is 2.77. The minimum Gasteiger partial charge on any atom is -0.373 e. The Morgan fingerprint density at radius 3 is 2.41 bits per heavy atom. The maximum Gasteiger partial charge on any atom is 0.0906 e. The van der Waals surface area contributed by atoms with Gasteiger partial charge in [-0.25, -0.2) is 0 Å². The predicted octanol–water partition coefficient (Wildman–Crippen LogP) is 3.97. The minimum atomic E-state index is -1.13. The molecule has 0 fully saturated rings.